The molecular formula is C14H10F3N3O. The predicted octanol–water partition coefficient (Wildman–Crippen LogP) is 3.65. The summed E-state index contributed by atoms with van der Waals surface area (Å²) in [5.41, 5.74) is 0.418. The van der Waals surface area contributed by atoms with Gasteiger partial charge in [0.25, 0.3) is 0 Å². The first-order chi connectivity index (χ1) is 10.0. The maximum Gasteiger partial charge on any atom is 0.416 e. The summed E-state index contributed by atoms with van der Waals surface area (Å²) in [5.74, 6) is 0.451. The minimum Gasteiger partial charge on any atom is -0.496 e. The first-order valence-electron chi connectivity index (χ1n) is 6.03. The lowest BCUT2D eigenvalue weighted by Gasteiger charge is -2.12. The Morgan fingerprint density at radius 1 is 1.14 bits per heavy atom. The molecule has 0 radical (unpaired) electrons. The standard InChI is InChI=1S/C14H10F3N3O/c1-21-13-2-3-18-6-11(13)9-4-8(14(15,16)17)5-12-10(9)7-19-20-12/h2-7H,1H3,(H,19,20). The number of H-pyrrole nitrogens is 1. The molecule has 0 spiro atoms. The Balaban J connectivity index is 2.33. The van der Waals surface area contributed by atoms with Gasteiger partial charge in [-0.25, -0.2) is 0 Å². The van der Waals surface area contributed by atoms with E-state index in [1.54, 1.807) is 6.07 Å². The monoisotopic (exact) mass is 293 g/mol. The summed E-state index contributed by atoms with van der Waals surface area (Å²) in [6, 6.07) is 3.72. The van der Waals surface area contributed by atoms with Crippen LogP contribution in [-0.4, -0.2) is 22.3 Å². The quantitative estimate of drug-likeness (QED) is 0.784. The lowest BCUT2D eigenvalue weighted by Crippen LogP contribution is -2.05. The third-order valence-corrected chi connectivity index (χ3v) is 3.18. The van der Waals surface area contributed by atoms with Gasteiger partial charge in [0.2, 0.25) is 0 Å². The Morgan fingerprint density at radius 3 is 2.67 bits per heavy atom. The molecule has 2 aromatic heterocycles. The number of halogens is 3. The molecule has 0 amide bonds. The average Bonchev–Trinajstić information content (AvgIpc) is 2.93. The van der Waals surface area contributed by atoms with E-state index in [1.165, 1.54) is 25.7 Å². The summed E-state index contributed by atoms with van der Waals surface area (Å²) in [6.45, 7) is 0. The van der Waals surface area contributed by atoms with Crippen molar-refractivity contribution in [1.82, 2.24) is 15.2 Å². The van der Waals surface area contributed by atoms with Gasteiger partial charge in [0.15, 0.2) is 0 Å². The SMILES string of the molecule is COc1ccncc1-c1cc(C(F)(F)F)cc2[nH]ncc12. The molecule has 1 N–H and O–H groups in total. The highest BCUT2D eigenvalue weighted by molar-refractivity contribution is 5.96. The predicted molar refractivity (Wildman–Crippen MR) is 70.9 cm³/mol. The first kappa shape index (κ1) is 13.4. The summed E-state index contributed by atoms with van der Waals surface area (Å²) >= 11 is 0. The Kier molecular flexibility index (Phi) is 3.04. The van der Waals surface area contributed by atoms with E-state index in [1.807, 2.05) is 0 Å². The van der Waals surface area contributed by atoms with Crippen LogP contribution in [-0.2, 0) is 6.18 Å². The van der Waals surface area contributed by atoms with Crippen molar-refractivity contribution in [3.63, 3.8) is 0 Å². The molecule has 0 unspecified atom stereocenters. The Morgan fingerprint density at radius 2 is 1.95 bits per heavy atom. The van der Waals surface area contributed by atoms with E-state index in [9.17, 15) is 13.2 Å². The van der Waals surface area contributed by atoms with Crippen molar-refractivity contribution in [1.29, 1.82) is 0 Å². The van der Waals surface area contributed by atoms with Gasteiger partial charge in [-0.2, -0.15) is 18.3 Å². The fraction of sp³-hybridized carbons (Fsp3) is 0.143. The Hall–Kier alpha value is -2.57. The number of hydrogen-bond acceptors (Lipinski definition) is 3. The number of rotatable bonds is 2. The third kappa shape index (κ3) is 2.31. The highest BCUT2D eigenvalue weighted by Crippen LogP contribution is 2.39. The zero-order valence-electron chi connectivity index (χ0n) is 10.9. The molecule has 0 saturated heterocycles. The molecule has 4 nitrogen and oxygen atoms in total. The molecule has 0 saturated carbocycles. The number of methoxy groups -OCH3 is 1. The molecule has 7 heteroatoms. The van der Waals surface area contributed by atoms with Gasteiger partial charge in [-0.05, 0) is 23.8 Å². The number of alkyl halides is 3. The lowest BCUT2D eigenvalue weighted by molar-refractivity contribution is -0.137. The van der Waals surface area contributed by atoms with Crippen LogP contribution in [0.3, 0.4) is 0 Å². The summed E-state index contributed by atoms with van der Waals surface area (Å²) in [5, 5.41) is 6.96. The van der Waals surface area contributed by atoms with Crippen LogP contribution in [0.4, 0.5) is 13.2 Å². The zero-order valence-corrected chi connectivity index (χ0v) is 10.9. The van der Waals surface area contributed by atoms with Crippen LogP contribution in [0.25, 0.3) is 22.0 Å². The number of benzene rings is 1. The van der Waals surface area contributed by atoms with Crippen molar-refractivity contribution >= 4 is 10.9 Å². The molecule has 0 aliphatic rings. The van der Waals surface area contributed by atoms with E-state index in [0.717, 1.165) is 12.1 Å². The smallest absolute Gasteiger partial charge is 0.416 e. The van der Waals surface area contributed by atoms with Gasteiger partial charge in [0.05, 0.1) is 24.4 Å². The fourth-order valence-electron chi connectivity index (χ4n) is 2.20. The van der Waals surface area contributed by atoms with E-state index in [-0.39, 0.29) is 0 Å². The van der Waals surface area contributed by atoms with E-state index in [2.05, 4.69) is 15.2 Å². The number of ether oxygens (including phenoxy) is 1. The molecule has 0 aliphatic carbocycles. The molecule has 0 aliphatic heterocycles. The maximum absolute atomic E-state index is 13.0. The van der Waals surface area contributed by atoms with Crippen molar-refractivity contribution in [3.8, 4) is 16.9 Å². The van der Waals surface area contributed by atoms with Gasteiger partial charge >= 0.3 is 6.18 Å². The molecule has 3 rings (SSSR count). The summed E-state index contributed by atoms with van der Waals surface area (Å²) in [7, 11) is 1.46. The van der Waals surface area contributed by atoms with Crippen molar-refractivity contribution in [2.24, 2.45) is 0 Å². The second-order valence-electron chi connectivity index (χ2n) is 4.43. The van der Waals surface area contributed by atoms with Gasteiger partial charge in [-0.1, -0.05) is 0 Å². The Bertz CT molecular complexity index is 796. The lowest BCUT2D eigenvalue weighted by atomic mass is 9.99. The number of aromatic amines is 1. The molecule has 1 aromatic carbocycles. The number of aromatic nitrogens is 3. The van der Waals surface area contributed by atoms with Gasteiger partial charge in [0, 0.05) is 23.3 Å². The van der Waals surface area contributed by atoms with Crippen LogP contribution in [0.2, 0.25) is 0 Å². The highest BCUT2D eigenvalue weighted by atomic mass is 19.4. The van der Waals surface area contributed by atoms with Crippen molar-refractivity contribution in [2.75, 3.05) is 7.11 Å². The van der Waals surface area contributed by atoms with Crippen LogP contribution in [0.1, 0.15) is 5.56 Å². The molecule has 0 atom stereocenters. The molecule has 21 heavy (non-hydrogen) atoms. The molecule has 2 heterocycles. The largest absolute Gasteiger partial charge is 0.496 e. The van der Waals surface area contributed by atoms with Crippen LogP contribution in [0.5, 0.6) is 5.75 Å². The van der Waals surface area contributed by atoms with Crippen LogP contribution < -0.4 is 4.74 Å². The fourth-order valence-corrected chi connectivity index (χ4v) is 2.20. The zero-order chi connectivity index (χ0) is 15.0. The molecule has 0 bridgehead atoms. The maximum atomic E-state index is 13.0. The minimum absolute atomic E-state index is 0.311. The van der Waals surface area contributed by atoms with Gasteiger partial charge < -0.3 is 4.74 Å². The number of nitrogens with one attached hydrogen (secondary N) is 1. The Labute approximate surface area is 117 Å². The van der Waals surface area contributed by atoms with Crippen molar-refractivity contribution in [3.05, 3.63) is 42.4 Å². The average molecular weight is 293 g/mol. The second-order valence-corrected chi connectivity index (χ2v) is 4.43. The van der Waals surface area contributed by atoms with Crippen molar-refractivity contribution < 1.29 is 17.9 Å². The number of fused-ring (bicyclic) bond motifs is 1. The van der Waals surface area contributed by atoms with Crippen LogP contribution in [0.15, 0.2) is 36.8 Å². The van der Waals surface area contributed by atoms with E-state index < -0.39 is 11.7 Å². The van der Waals surface area contributed by atoms with E-state index >= 15 is 0 Å². The topological polar surface area (TPSA) is 50.8 Å². The minimum atomic E-state index is -4.44. The first-order valence-corrected chi connectivity index (χ1v) is 6.03. The normalized spacial score (nSPS) is 11.8. The van der Waals surface area contributed by atoms with Gasteiger partial charge in [-0.15, -0.1) is 0 Å². The number of pyridine rings is 1. The van der Waals surface area contributed by atoms with Crippen LogP contribution >= 0.6 is 0 Å². The number of nitrogens with zero attached hydrogens (tertiary/aromatic N) is 2. The molecule has 0 fully saturated rings. The second kappa shape index (κ2) is 4.76. The summed E-state index contributed by atoms with van der Waals surface area (Å²) in [4.78, 5) is 3.96. The van der Waals surface area contributed by atoms with E-state index in [4.69, 9.17) is 4.74 Å². The molecule has 108 valence electrons. The molecule has 3 aromatic rings. The molecular weight excluding hydrogens is 283 g/mol. The summed E-state index contributed by atoms with van der Waals surface area (Å²) in [6.07, 6.45) is 0.0318. The third-order valence-electron chi connectivity index (χ3n) is 3.18. The highest BCUT2D eigenvalue weighted by Gasteiger charge is 2.32. The summed E-state index contributed by atoms with van der Waals surface area (Å²) < 4.78 is 44.3. The van der Waals surface area contributed by atoms with E-state index in [0.29, 0.717) is 27.8 Å². The van der Waals surface area contributed by atoms with Crippen LogP contribution in [0, 0.1) is 0 Å². The van der Waals surface area contributed by atoms with Gasteiger partial charge in [0.1, 0.15) is 5.75 Å². The van der Waals surface area contributed by atoms with Crippen molar-refractivity contribution in [2.45, 2.75) is 6.18 Å². The van der Waals surface area contributed by atoms with Gasteiger partial charge in [-0.3, -0.25) is 10.1 Å². The number of hydrogen-bond donors (Lipinski definition) is 1.